The normalized spacial score (nSPS) is 21.7. The number of hydrogen-bond donors (Lipinski definition) is 3. The van der Waals surface area contributed by atoms with E-state index in [4.69, 9.17) is 10.5 Å². The van der Waals surface area contributed by atoms with Gasteiger partial charge in [0.1, 0.15) is 12.5 Å². The van der Waals surface area contributed by atoms with Gasteiger partial charge in [-0.2, -0.15) is 0 Å². The second kappa shape index (κ2) is 4.51. The molecular formula is C6H9FIN3O. The van der Waals surface area contributed by atoms with E-state index in [1.807, 2.05) is 28.9 Å². The van der Waals surface area contributed by atoms with Gasteiger partial charge in [0.05, 0.1) is 5.92 Å². The van der Waals surface area contributed by atoms with Crippen LogP contribution in [0, 0.1) is 5.92 Å². The molecule has 1 unspecified atom stereocenters. The van der Waals surface area contributed by atoms with E-state index in [0.29, 0.717) is 12.4 Å². The molecule has 4 N–H and O–H groups in total. The van der Waals surface area contributed by atoms with Gasteiger partial charge in [-0.05, 0) is 6.08 Å². The maximum Gasteiger partial charge on any atom is 0.147 e. The number of ether oxygens (including phenoxy) is 1. The Morgan fingerprint density at radius 2 is 2.67 bits per heavy atom. The zero-order valence-corrected chi connectivity index (χ0v) is 8.34. The minimum Gasteiger partial charge on any atom is -0.481 e. The van der Waals surface area contributed by atoms with Crippen molar-refractivity contribution in [2.75, 3.05) is 6.73 Å². The van der Waals surface area contributed by atoms with Crippen LogP contribution in [0.1, 0.15) is 0 Å². The minimum atomic E-state index is -0.0296. The quantitative estimate of drug-likeness (QED) is 0.395. The van der Waals surface area contributed by atoms with Gasteiger partial charge in [-0.1, -0.05) is 0 Å². The number of halogens is 2. The molecule has 0 bridgehead atoms. The minimum absolute atomic E-state index is 0.0296. The van der Waals surface area contributed by atoms with Crippen molar-refractivity contribution >= 4 is 22.9 Å². The SMILES string of the molecule is N/C(=C\NF)C1C=C1OCNI. The third kappa shape index (κ3) is 2.52. The Morgan fingerprint density at radius 1 is 1.92 bits per heavy atom. The standard InChI is InChI=1S/C6H9FIN3O/c7-10-2-5(9)4-1-6(4)12-3-11-8/h1-2,4,10-11H,3,9H2/b5-2-. The fourth-order valence-corrected chi connectivity index (χ4v) is 0.934. The molecule has 0 aromatic rings. The molecule has 12 heavy (non-hydrogen) atoms. The summed E-state index contributed by atoms with van der Waals surface area (Å²) in [6.45, 7) is 0.430. The average molecular weight is 285 g/mol. The summed E-state index contributed by atoms with van der Waals surface area (Å²) in [6, 6.07) is 0. The second-order valence-corrected chi connectivity index (χ2v) is 2.99. The largest absolute Gasteiger partial charge is 0.481 e. The van der Waals surface area contributed by atoms with Crippen LogP contribution in [0.25, 0.3) is 0 Å². The Bertz CT molecular complexity index is 219. The lowest BCUT2D eigenvalue weighted by atomic mass is 10.3. The summed E-state index contributed by atoms with van der Waals surface area (Å²) in [7, 11) is 0. The molecule has 0 saturated heterocycles. The lowest BCUT2D eigenvalue weighted by molar-refractivity contribution is 0.220. The molecule has 1 atom stereocenters. The molecule has 4 nitrogen and oxygen atoms in total. The van der Waals surface area contributed by atoms with E-state index in [2.05, 4.69) is 3.53 Å². The van der Waals surface area contributed by atoms with Crippen molar-refractivity contribution in [3.05, 3.63) is 23.7 Å². The summed E-state index contributed by atoms with van der Waals surface area (Å²) >= 11 is 1.97. The molecule has 0 heterocycles. The number of hydrogen-bond acceptors (Lipinski definition) is 4. The monoisotopic (exact) mass is 285 g/mol. The number of rotatable bonds is 5. The topological polar surface area (TPSA) is 59.3 Å². The van der Waals surface area contributed by atoms with Gasteiger partial charge in [-0.25, -0.2) is 9.07 Å². The van der Waals surface area contributed by atoms with Crippen LogP contribution in [0.4, 0.5) is 4.48 Å². The van der Waals surface area contributed by atoms with Crippen LogP contribution in [0.5, 0.6) is 0 Å². The Kier molecular flexibility index (Phi) is 3.60. The molecule has 68 valence electrons. The Labute approximate surface area is 83.5 Å². The van der Waals surface area contributed by atoms with Gasteiger partial charge in [0.2, 0.25) is 0 Å². The highest BCUT2D eigenvalue weighted by Crippen LogP contribution is 2.33. The summed E-state index contributed by atoms with van der Waals surface area (Å²) in [6.07, 6.45) is 2.92. The van der Waals surface area contributed by atoms with Crippen LogP contribution in [-0.2, 0) is 4.74 Å². The fraction of sp³-hybridized carbons (Fsp3) is 0.333. The van der Waals surface area contributed by atoms with Gasteiger partial charge >= 0.3 is 0 Å². The van der Waals surface area contributed by atoms with Crippen molar-refractivity contribution in [1.29, 1.82) is 0 Å². The summed E-state index contributed by atoms with van der Waals surface area (Å²) in [5.74, 6) is 0.751. The molecular weight excluding hydrogens is 276 g/mol. The molecule has 6 heteroatoms. The summed E-state index contributed by atoms with van der Waals surface area (Å²) in [4.78, 5) is 0. The van der Waals surface area contributed by atoms with Crippen LogP contribution >= 0.6 is 22.9 Å². The van der Waals surface area contributed by atoms with Crippen molar-refractivity contribution in [2.24, 2.45) is 11.7 Å². The first-order valence-corrected chi connectivity index (χ1v) is 4.37. The van der Waals surface area contributed by atoms with Gasteiger partial charge in [-0.3, -0.25) is 0 Å². The van der Waals surface area contributed by atoms with Gasteiger partial charge in [0.25, 0.3) is 0 Å². The fourth-order valence-electron chi connectivity index (χ4n) is 0.778. The van der Waals surface area contributed by atoms with Crippen LogP contribution in [-0.4, -0.2) is 6.73 Å². The first-order chi connectivity index (χ1) is 5.79. The molecule has 1 rings (SSSR count). The zero-order valence-electron chi connectivity index (χ0n) is 6.18. The molecule has 0 saturated carbocycles. The van der Waals surface area contributed by atoms with E-state index >= 15 is 0 Å². The highest BCUT2D eigenvalue weighted by Gasteiger charge is 2.29. The van der Waals surface area contributed by atoms with Crippen LogP contribution < -0.4 is 14.8 Å². The van der Waals surface area contributed by atoms with Crippen molar-refractivity contribution in [2.45, 2.75) is 0 Å². The Morgan fingerprint density at radius 3 is 3.25 bits per heavy atom. The van der Waals surface area contributed by atoms with Crippen molar-refractivity contribution in [1.82, 2.24) is 9.07 Å². The molecule has 0 radical (unpaired) electrons. The average Bonchev–Trinajstić information content (AvgIpc) is 2.80. The smallest absolute Gasteiger partial charge is 0.147 e. The van der Waals surface area contributed by atoms with Crippen molar-refractivity contribution < 1.29 is 9.22 Å². The highest BCUT2D eigenvalue weighted by molar-refractivity contribution is 14.1. The van der Waals surface area contributed by atoms with E-state index in [1.54, 1.807) is 0 Å². The third-order valence-corrected chi connectivity index (χ3v) is 1.71. The molecule has 0 aliphatic heterocycles. The van der Waals surface area contributed by atoms with Crippen LogP contribution in [0.2, 0.25) is 0 Å². The van der Waals surface area contributed by atoms with Crippen molar-refractivity contribution in [3.63, 3.8) is 0 Å². The molecule has 1 aliphatic rings. The summed E-state index contributed by atoms with van der Waals surface area (Å²) in [5.41, 5.74) is 7.25. The predicted octanol–water partition coefficient (Wildman–Crippen LogP) is 0.688. The van der Waals surface area contributed by atoms with E-state index < -0.39 is 0 Å². The molecule has 0 fully saturated rings. The lowest BCUT2D eigenvalue weighted by Gasteiger charge is -2.02. The van der Waals surface area contributed by atoms with Crippen molar-refractivity contribution in [3.8, 4) is 0 Å². The lowest BCUT2D eigenvalue weighted by Crippen LogP contribution is -2.08. The molecule has 0 spiro atoms. The summed E-state index contributed by atoms with van der Waals surface area (Å²) < 4.78 is 19.5. The van der Waals surface area contributed by atoms with Crippen LogP contribution in [0.3, 0.4) is 0 Å². The predicted molar refractivity (Wildman–Crippen MR) is 51.2 cm³/mol. The first-order valence-electron chi connectivity index (χ1n) is 3.29. The second-order valence-electron chi connectivity index (χ2n) is 2.22. The van der Waals surface area contributed by atoms with Gasteiger partial charge in [0, 0.05) is 34.8 Å². The van der Waals surface area contributed by atoms with E-state index in [9.17, 15) is 4.48 Å². The van der Waals surface area contributed by atoms with E-state index in [-0.39, 0.29) is 5.92 Å². The number of nitrogens with two attached hydrogens (primary N) is 1. The Balaban J connectivity index is 2.21. The molecule has 0 amide bonds. The van der Waals surface area contributed by atoms with E-state index in [0.717, 1.165) is 12.0 Å². The van der Waals surface area contributed by atoms with E-state index in [1.165, 1.54) is 5.54 Å². The van der Waals surface area contributed by atoms with Gasteiger partial charge in [-0.15, -0.1) is 4.48 Å². The third-order valence-electron chi connectivity index (χ3n) is 1.40. The Hall–Kier alpha value is -0.500. The number of nitrogens with one attached hydrogen (secondary N) is 2. The molecule has 0 aromatic heterocycles. The molecule has 1 aliphatic carbocycles. The summed E-state index contributed by atoms with van der Waals surface area (Å²) in [5, 5.41) is 0. The van der Waals surface area contributed by atoms with Crippen LogP contribution in [0.15, 0.2) is 23.7 Å². The highest BCUT2D eigenvalue weighted by atomic mass is 127. The molecule has 0 aromatic carbocycles. The van der Waals surface area contributed by atoms with Gasteiger partial charge in [0.15, 0.2) is 0 Å². The first kappa shape index (κ1) is 9.59. The zero-order chi connectivity index (χ0) is 8.97. The maximum absolute atomic E-state index is 11.5. The van der Waals surface area contributed by atoms with Gasteiger partial charge < -0.3 is 10.5 Å². The maximum atomic E-state index is 11.5.